The molecule has 0 aromatic rings. The highest BCUT2D eigenvalue weighted by Gasteiger charge is 2.23. The molecule has 0 aliphatic rings. The summed E-state index contributed by atoms with van der Waals surface area (Å²) in [6.07, 6.45) is -3.28. The minimum atomic E-state index is -1.43. The average molecular weight is 324 g/mol. The fraction of sp³-hybridized carbons (Fsp3) is 0.636. The van der Waals surface area contributed by atoms with Gasteiger partial charge in [0, 0.05) is 0 Å². The van der Waals surface area contributed by atoms with Gasteiger partial charge in [-0.05, 0) is 0 Å². The predicted octanol–water partition coefficient (Wildman–Crippen LogP) is 0.0263. The van der Waals surface area contributed by atoms with Gasteiger partial charge in [-0.3, -0.25) is 9.59 Å². The summed E-state index contributed by atoms with van der Waals surface area (Å²) >= 11 is 0. The van der Waals surface area contributed by atoms with Gasteiger partial charge in [-0.2, -0.15) is 0 Å². The van der Waals surface area contributed by atoms with Crippen molar-refractivity contribution in [2.45, 2.75) is 6.42 Å². The second kappa shape index (κ2) is 11.1. The van der Waals surface area contributed by atoms with E-state index in [1.165, 1.54) is 0 Å². The molecule has 11 nitrogen and oxygen atoms in total. The predicted molar refractivity (Wildman–Crippen MR) is 65.5 cm³/mol. The number of carboxylic acid groups (broad SMARTS) is 3. The van der Waals surface area contributed by atoms with Gasteiger partial charge in [-0.1, -0.05) is 0 Å². The molecule has 0 amide bonds. The zero-order valence-corrected chi connectivity index (χ0v) is 11.4. The number of carbonyl (C=O) groups is 4. The van der Waals surface area contributed by atoms with Gasteiger partial charge in [0.15, 0.2) is 0 Å². The zero-order chi connectivity index (χ0) is 17.0. The monoisotopic (exact) mass is 324 g/mol. The molecule has 0 radical (unpaired) electrons. The maximum atomic E-state index is 11.1. The highest BCUT2D eigenvalue weighted by molar-refractivity contribution is 5.78. The van der Waals surface area contributed by atoms with Crippen molar-refractivity contribution in [3.05, 3.63) is 0 Å². The van der Waals surface area contributed by atoms with Gasteiger partial charge < -0.3 is 34.3 Å². The third kappa shape index (κ3) is 11.3. The smallest absolute Gasteiger partial charge is 0.481 e. The Bertz CT molecular complexity index is 391. The van der Waals surface area contributed by atoms with E-state index in [1.807, 2.05) is 0 Å². The highest BCUT2D eigenvalue weighted by atomic mass is 16.7. The summed E-state index contributed by atoms with van der Waals surface area (Å²) < 4.78 is 18.0. The second-order valence-electron chi connectivity index (χ2n) is 3.77. The van der Waals surface area contributed by atoms with Crippen molar-refractivity contribution in [1.82, 2.24) is 0 Å². The molecular formula is C11H16O11. The van der Waals surface area contributed by atoms with Gasteiger partial charge in [0.25, 0.3) is 0 Å². The first kappa shape index (κ1) is 19.4. The molecule has 0 aromatic carbocycles. The van der Waals surface area contributed by atoms with E-state index in [0.29, 0.717) is 0 Å². The first-order chi connectivity index (χ1) is 10.3. The van der Waals surface area contributed by atoms with Crippen molar-refractivity contribution < 1.29 is 53.4 Å². The van der Waals surface area contributed by atoms with Crippen molar-refractivity contribution >= 4 is 24.2 Å². The zero-order valence-electron chi connectivity index (χ0n) is 11.4. The van der Waals surface area contributed by atoms with Crippen molar-refractivity contribution in [2.24, 2.45) is 5.92 Å². The first-order valence-corrected chi connectivity index (χ1v) is 6.00. The number of ether oxygens (including phenoxy) is 4. The summed E-state index contributed by atoms with van der Waals surface area (Å²) in [4.78, 5) is 42.2. The van der Waals surface area contributed by atoms with Crippen molar-refractivity contribution in [3.8, 4) is 0 Å². The second-order valence-corrected chi connectivity index (χ2v) is 3.77. The quantitative estimate of drug-likeness (QED) is 0.346. The topological polar surface area (TPSA) is 166 Å². The fourth-order valence-corrected chi connectivity index (χ4v) is 1.11. The molecule has 0 fully saturated rings. The largest absolute Gasteiger partial charge is 0.508 e. The molecule has 22 heavy (non-hydrogen) atoms. The molecule has 126 valence electrons. The number of hydrogen-bond acceptors (Lipinski definition) is 8. The van der Waals surface area contributed by atoms with Crippen LogP contribution in [-0.4, -0.2) is 72.6 Å². The molecular weight excluding hydrogens is 308 g/mol. The third-order valence-electron chi connectivity index (χ3n) is 2.07. The van der Waals surface area contributed by atoms with Crippen LogP contribution in [0.25, 0.3) is 0 Å². The van der Waals surface area contributed by atoms with Crippen LogP contribution in [0.3, 0.4) is 0 Å². The summed E-state index contributed by atoms with van der Waals surface area (Å²) in [6, 6.07) is 0. The molecule has 1 unspecified atom stereocenters. The molecule has 0 rings (SSSR count). The van der Waals surface area contributed by atoms with Crippen LogP contribution in [0.5, 0.6) is 0 Å². The molecule has 0 aliphatic heterocycles. The number of carboxylic acids is 2. The summed E-state index contributed by atoms with van der Waals surface area (Å²) in [5, 5.41) is 25.3. The van der Waals surface area contributed by atoms with Crippen molar-refractivity contribution in [2.75, 3.05) is 33.0 Å². The molecule has 3 N–H and O–H groups in total. The van der Waals surface area contributed by atoms with Gasteiger partial charge in [-0.15, -0.1) is 0 Å². The SMILES string of the molecule is O=C(O)CC(COC(=O)OCCOCCOC(=O)O)C(=O)O. The Balaban J connectivity index is 3.70. The van der Waals surface area contributed by atoms with Gasteiger partial charge in [0.1, 0.15) is 25.7 Å². The Labute approximate surface area is 124 Å². The number of carbonyl (C=O) groups excluding carboxylic acids is 1. The Hall–Kier alpha value is -2.56. The van der Waals surface area contributed by atoms with E-state index in [-0.39, 0.29) is 26.4 Å². The van der Waals surface area contributed by atoms with Crippen LogP contribution in [0.15, 0.2) is 0 Å². The lowest BCUT2D eigenvalue weighted by Crippen LogP contribution is -2.25. The summed E-state index contributed by atoms with van der Waals surface area (Å²) in [5.74, 6) is -4.10. The Morgan fingerprint density at radius 2 is 1.41 bits per heavy atom. The normalized spacial score (nSPS) is 11.3. The Morgan fingerprint density at radius 3 is 1.91 bits per heavy atom. The molecule has 0 heterocycles. The summed E-state index contributed by atoms with van der Waals surface area (Å²) in [5.41, 5.74) is 0. The number of aliphatic carboxylic acids is 2. The maximum Gasteiger partial charge on any atom is 0.508 e. The molecule has 0 aromatic heterocycles. The molecule has 11 heteroatoms. The van der Waals surface area contributed by atoms with E-state index in [9.17, 15) is 19.2 Å². The maximum absolute atomic E-state index is 11.1. The summed E-state index contributed by atoms with van der Waals surface area (Å²) in [6.45, 7) is -1.08. The van der Waals surface area contributed by atoms with Crippen LogP contribution in [0.4, 0.5) is 9.59 Å². The Kier molecular flexibility index (Phi) is 9.84. The van der Waals surface area contributed by atoms with Crippen LogP contribution >= 0.6 is 0 Å². The molecule has 0 saturated heterocycles. The van der Waals surface area contributed by atoms with Gasteiger partial charge in [0.05, 0.1) is 19.6 Å². The fourth-order valence-electron chi connectivity index (χ4n) is 1.11. The van der Waals surface area contributed by atoms with Crippen molar-refractivity contribution in [3.63, 3.8) is 0 Å². The standard InChI is InChI=1S/C11H16O11/c12-8(13)5-7(9(14)15)6-22-11(18)21-4-2-19-1-3-20-10(16)17/h7H,1-6H2,(H,12,13)(H,14,15)(H,16,17). The van der Waals surface area contributed by atoms with Crippen LogP contribution in [0, 0.1) is 5.92 Å². The minimum Gasteiger partial charge on any atom is -0.481 e. The molecule has 0 spiro atoms. The minimum absolute atomic E-state index is 0.0234. The number of rotatable bonds is 11. The molecule has 0 bridgehead atoms. The lowest BCUT2D eigenvalue weighted by molar-refractivity contribution is -0.149. The van der Waals surface area contributed by atoms with Gasteiger partial charge in [-0.25, -0.2) is 9.59 Å². The third-order valence-corrected chi connectivity index (χ3v) is 2.07. The van der Waals surface area contributed by atoms with Crippen LogP contribution < -0.4 is 0 Å². The highest BCUT2D eigenvalue weighted by Crippen LogP contribution is 2.05. The number of hydrogen-bond donors (Lipinski definition) is 3. The average Bonchev–Trinajstić information content (AvgIpc) is 2.41. The van der Waals surface area contributed by atoms with E-state index in [4.69, 9.17) is 20.1 Å². The van der Waals surface area contributed by atoms with E-state index >= 15 is 0 Å². The molecule has 1 atom stereocenters. The summed E-state index contributed by atoms with van der Waals surface area (Å²) in [7, 11) is 0. The van der Waals surface area contributed by atoms with E-state index in [2.05, 4.69) is 14.2 Å². The molecule has 0 saturated carbocycles. The van der Waals surface area contributed by atoms with Crippen LogP contribution in [0.1, 0.15) is 6.42 Å². The van der Waals surface area contributed by atoms with Gasteiger partial charge in [0.2, 0.25) is 0 Å². The van der Waals surface area contributed by atoms with Gasteiger partial charge >= 0.3 is 24.2 Å². The van der Waals surface area contributed by atoms with E-state index in [0.717, 1.165) is 0 Å². The lowest BCUT2D eigenvalue weighted by Gasteiger charge is -2.11. The van der Waals surface area contributed by atoms with Crippen molar-refractivity contribution in [1.29, 1.82) is 0 Å². The molecule has 0 aliphatic carbocycles. The van der Waals surface area contributed by atoms with Crippen LogP contribution in [0.2, 0.25) is 0 Å². The lowest BCUT2D eigenvalue weighted by atomic mass is 10.1. The van der Waals surface area contributed by atoms with Crippen LogP contribution in [-0.2, 0) is 28.5 Å². The van der Waals surface area contributed by atoms with E-state index in [1.54, 1.807) is 0 Å². The van der Waals surface area contributed by atoms with E-state index < -0.39 is 43.2 Å². The Morgan fingerprint density at radius 1 is 0.818 bits per heavy atom. The first-order valence-electron chi connectivity index (χ1n) is 6.00.